The summed E-state index contributed by atoms with van der Waals surface area (Å²) in [6.45, 7) is 2.11. The highest BCUT2D eigenvalue weighted by molar-refractivity contribution is 6.44. The number of aromatic nitrogens is 1. The lowest BCUT2D eigenvalue weighted by Crippen LogP contribution is -2.44. The molecule has 0 spiro atoms. The molecule has 0 atom stereocenters. The Labute approximate surface area is 189 Å². The van der Waals surface area contributed by atoms with Gasteiger partial charge in [-0.15, -0.1) is 0 Å². The van der Waals surface area contributed by atoms with Crippen LogP contribution in [0.3, 0.4) is 0 Å². The van der Waals surface area contributed by atoms with Crippen LogP contribution in [-0.4, -0.2) is 27.7 Å². The van der Waals surface area contributed by atoms with Crippen molar-refractivity contribution in [1.82, 2.24) is 9.88 Å². The molecule has 1 saturated carbocycles. The number of hydrogen-bond donors (Lipinski definition) is 4. The van der Waals surface area contributed by atoms with Crippen molar-refractivity contribution >= 4 is 23.3 Å². The first-order valence-electron chi connectivity index (χ1n) is 10.5. The lowest BCUT2D eigenvalue weighted by atomic mass is 10.0. The van der Waals surface area contributed by atoms with E-state index in [4.69, 9.17) is 16.7 Å². The van der Waals surface area contributed by atoms with Crippen molar-refractivity contribution in [2.45, 2.75) is 44.7 Å². The van der Waals surface area contributed by atoms with Gasteiger partial charge in [0.2, 0.25) is 0 Å². The Morgan fingerprint density at radius 3 is 2.64 bits per heavy atom. The van der Waals surface area contributed by atoms with Crippen LogP contribution in [0, 0.1) is 24.1 Å². The predicted octanol–water partition coefficient (Wildman–Crippen LogP) is 1.60. The molecule has 2 aromatic rings. The lowest BCUT2D eigenvalue weighted by molar-refractivity contribution is -0.117. The normalized spacial score (nSPS) is 16.0. The van der Waals surface area contributed by atoms with Crippen molar-refractivity contribution in [3.05, 3.63) is 64.0 Å². The van der Waals surface area contributed by atoms with Crippen molar-refractivity contribution in [2.75, 3.05) is 5.32 Å². The van der Waals surface area contributed by atoms with Crippen LogP contribution in [0.5, 0.6) is 0 Å². The summed E-state index contributed by atoms with van der Waals surface area (Å²) in [6.07, 6.45) is 3.64. The molecule has 1 aromatic heterocycles. The molecule has 9 nitrogen and oxygen atoms in total. The zero-order valence-electron chi connectivity index (χ0n) is 18.0. The number of rotatable bonds is 6. The second-order valence-corrected chi connectivity index (χ2v) is 8.33. The molecule has 6 N–H and O–H groups in total. The Morgan fingerprint density at radius 2 is 2.00 bits per heavy atom. The van der Waals surface area contributed by atoms with Gasteiger partial charge in [0.05, 0.1) is 22.7 Å². The maximum absolute atomic E-state index is 13.8. The van der Waals surface area contributed by atoms with Crippen LogP contribution in [0.4, 0.5) is 10.1 Å². The van der Waals surface area contributed by atoms with E-state index in [1.807, 2.05) is 6.07 Å². The van der Waals surface area contributed by atoms with Crippen LogP contribution in [0.15, 0.2) is 30.1 Å². The summed E-state index contributed by atoms with van der Waals surface area (Å²) >= 11 is 0. The second-order valence-electron chi connectivity index (χ2n) is 8.33. The molecule has 170 valence electrons. The summed E-state index contributed by atoms with van der Waals surface area (Å²) in [5.74, 6) is -2.77. The molecule has 2 amide bonds. The molecule has 2 aliphatic rings. The standard InChI is InChI=1S/C23H23FN6O3/c1-12-18(20(31)22(33)29-23(4-5-23)17(27)11-26)16-3-2-6-30(16)19(12)21(32)28-15-8-13(10-25)7-14(24)9-15/h7-9,11H,2-6,26-27H2,1H3,(H,28,32)(H,29,33)/b17-11-. The molecule has 1 aliphatic heterocycles. The summed E-state index contributed by atoms with van der Waals surface area (Å²) in [5.41, 5.74) is 12.4. The molecular formula is C23H23FN6O3. The number of nitrogens with zero attached hydrogens (tertiary/aromatic N) is 2. The van der Waals surface area contributed by atoms with E-state index >= 15 is 0 Å². The van der Waals surface area contributed by atoms with Crippen LogP contribution < -0.4 is 22.1 Å². The SMILES string of the molecule is Cc1c(C(=O)C(=O)NC2(/C(N)=C/N)CC2)c2n(c1C(=O)Nc1cc(F)cc(C#N)c1)CCC2. The molecule has 1 aromatic carbocycles. The van der Waals surface area contributed by atoms with Gasteiger partial charge >= 0.3 is 0 Å². The van der Waals surface area contributed by atoms with E-state index < -0.39 is 29.0 Å². The largest absolute Gasteiger partial charge is 0.403 e. The number of carbonyl (C=O) groups is 3. The molecule has 33 heavy (non-hydrogen) atoms. The Balaban J connectivity index is 1.64. The number of anilines is 1. The minimum Gasteiger partial charge on any atom is -0.403 e. The van der Waals surface area contributed by atoms with E-state index in [-0.39, 0.29) is 22.5 Å². The Bertz CT molecular complexity index is 1270. The Kier molecular flexibility index (Phi) is 5.41. The van der Waals surface area contributed by atoms with Gasteiger partial charge in [-0.05, 0) is 56.4 Å². The van der Waals surface area contributed by atoms with Crippen molar-refractivity contribution in [3.63, 3.8) is 0 Å². The van der Waals surface area contributed by atoms with E-state index in [0.717, 1.165) is 12.1 Å². The van der Waals surface area contributed by atoms with E-state index in [1.54, 1.807) is 11.5 Å². The van der Waals surface area contributed by atoms with Crippen molar-refractivity contribution in [3.8, 4) is 6.07 Å². The Morgan fingerprint density at radius 1 is 1.27 bits per heavy atom. The number of ketones is 1. The third-order valence-electron chi connectivity index (χ3n) is 6.18. The fourth-order valence-electron chi connectivity index (χ4n) is 4.39. The van der Waals surface area contributed by atoms with Gasteiger partial charge in [-0.2, -0.15) is 5.26 Å². The number of nitriles is 1. The number of nitrogens with one attached hydrogen (secondary N) is 2. The number of benzene rings is 1. The number of Topliss-reactive ketones (excluding diaryl/α,β-unsaturated/α-hetero) is 1. The fourth-order valence-corrected chi connectivity index (χ4v) is 4.39. The quantitative estimate of drug-likeness (QED) is 0.387. The van der Waals surface area contributed by atoms with Gasteiger partial charge in [0, 0.05) is 29.8 Å². The van der Waals surface area contributed by atoms with E-state index in [1.165, 1.54) is 12.3 Å². The minimum absolute atomic E-state index is 0.0646. The molecular weight excluding hydrogens is 427 g/mol. The molecule has 0 bridgehead atoms. The number of carbonyl (C=O) groups excluding carboxylic acids is 3. The van der Waals surface area contributed by atoms with E-state index in [9.17, 15) is 18.8 Å². The van der Waals surface area contributed by atoms with E-state index in [0.29, 0.717) is 49.2 Å². The Hall–Kier alpha value is -4.13. The van der Waals surface area contributed by atoms with Crippen molar-refractivity contribution < 1.29 is 18.8 Å². The summed E-state index contributed by atoms with van der Waals surface area (Å²) in [4.78, 5) is 39.0. The number of halogens is 1. The number of hydrogen-bond acceptors (Lipinski definition) is 6. The van der Waals surface area contributed by atoms with Gasteiger partial charge in [0.1, 0.15) is 11.5 Å². The van der Waals surface area contributed by atoms with Gasteiger partial charge in [-0.3, -0.25) is 14.4 Å². The number of nitrogens with two attached hydrogens (primary N) is 2. The number of amides is 2. The van der Waals surface area contributed by atoms with Crippen LogP contribution in [-0.2, 0) is 17.8 Å². The van der Waals surface area contributed by atoms with Crippen LogP contribution >= 0.6 is 0 Å². The van der Waals surface area contributed by atoms with Crippen molar-refractivity contribution in [2.24, 2.45) is 11.5 Å². The second kappa shape index (κ2) is 8.09. The molecule has 4 rings (SSSR count). The van der Waals surface area contributed by atoms with Crippen molar-refractivity contribution in [1.29, 1.82) is 5.26 Å². The third kappa shape index (κ3) is 3.82. The van der Waals surface area contributed by atoms with Gasteiger partial charge < -0.3 is 26.7 Å². The average molecular weight is 450 g/mol. The topological polar surface area (TPSA) is 156 Å². The third-order valence-corrected chi connectivity index (χ3v) is 6.18. The highest BCUT2D eigenvalue weighted by Crippen LogP contribution is 2.40. The fraction of sp³-hybridized carbons (Fsp3) is 0.304. The molecule has 1 aliphatic carbocycles. The summed E-state index contributed by atoms with van der Waals surface area (Å²) in [5, 5.41) is 14.3. The zero-order chi connectivity index (χ0) is 23.9. The minimum atomic E-state index is -0.809. The van der Waals surface area contributed by atoms with Crippen LogP contribution in [0.2, 0.25) is 0 Å². The first kappa shape index (κ1) is 22.1. The summed E-state index contributed by atoms with van der Waals surface area (Å²) in [6, 6.07) is 5.35. The van der Waals surface area contributed by atoms with Crippen LogP contribution in [0.1, 0.15) is 56.9 Å². The maximum atomic E-state index is 13.8. The average Bonchev–Trinajstić information content (AvgIpc) is 3.31. The van der Waals surface area contributed by atoms with Gasteiger partial charge in [0.25, 0.3) is 17.6 Å². The highest BCUT2D eigenvalue weighted by atomic mass is 19.1. The molecule has 1 fully saturated rings. The predicted molar refractivity (Wildman–Crippen MR) is 117 cm³/mol. The summed E-state index contributed by atoms with van der Waals surface area (Å²) in [7, 11) is 0. The first-order valence-corrected chi connectivity index (χ1v) is 10.5. The molecule has 0 radical (unpaired) electrons. The van der Waals surface area contributed by atoms with E-state index in [2.05, 4.69) is 10.6 Å². The lowest BCUT2D eigenvalue weighted by Gasteiger charge is -2.17. The molecule has 0 saturated heterocycles. The maximum Gasteiger partial charge on any atom is 0.293 e. The first-order chi connectivity index (χ1) is 15.7. The molecule has 10 heteroatoms. The summed E-state index contributed by atoms with van der Waals surface area (Å²) < 4.78 is 15.5. The monoisotopic (exact) mass is 450 g/mol. The zero-order valence-corrected chi connectivity index (χ0v) is 18.0. The smallest absolute Gasteiger partial charge is 0.293 e. The molecule has 2 heterocycles. The van der Waals surface area contributed by atoms with Gasteiger partial charge in [0.15, 0.2) is 0 Å². The molecule has 0 unspecified atom stereocenters. The van der Waals surface area contributed by atoms with Gasteiger partial charge in [-0.1, -0.05) is 0 Å². The number of fused-ring (bicyclic) bond motifs is 1. The van der Waals surface area contributed by atoms with Crippen LogP contribution in [0.25, 0.3) is 0 Å². The van der Waals surface area contributed by atoms with Gasteiger partial charge in [-0.25, -0.2) is 4.39 Å². The highest BCUT2D eigenvalue weighted by Gasteiger charge is 2.48.